The summed E-state index contributed by atoms with van der Waals surface area (Å²) >= 11 is 0. The van der Waals surface area contributed by atoms with Crippen LogP contribution in [0.1, 0.15) is 36.3 Å². The zero-order chi connectivity index (χ0) is 20.5. The van der Waals surface area contributed by atoms with Crippen LogP contribution in [0.4, 0.5) is 10.1 Å². The number of nitrogens with zero attached hydrogens (tertiary/aromatic N) is 1. The summed E-state index contributed by atoms with van der Waals surface area (Å²) in [6, 6.07) is 5.59. The van der Waals surface area contributed by atoms with Crippen LogP contribution in [0, 0.1) is 12.7 Å². The number of nitrogens with one attached hydrogen (secondary N) is 2. The number of aromatic nitrogens is 1. The molecule has 1 saturated heterocycles. The molecule has 0 spiro atoms. The van der Waals surface area contributed by atoms with Gasteiger partial charge in [0, 0.05) is 25.0 Å². The molecule has 152 valence electrons. The van der Waals surface area contributed by atoms with Gasteiger partial charge in [-0.05, 0) is 57.0 Å². The molecule has 1 amide bonds. The fourth-order valence-corrected chi connectivity index (χ4v) is 4.59. The molecule has 1 aliphatic heterocycles. The molecule has 2 heterocycles. The lowest BCUT2D eigenvalue weighted by molar-refractivity contribution is 0.101. The highest BCUT2D eigenvalue weighted by Crippen LogP contribution is 2.23. The number of halogens is 1. The van der Waals surface area contributed by atoms with Crippen molar-refractivity contribution in [3.63, 3.8) is 0 Å². The van der Waals surface area contributed by atoms with Crippen molar-refractivity contribution in [1.29, 1.82) is 0 Å². The number of hydrogen-bond acceptors (Lipinski definition) is 4. The topological polar surface area (TPSA) is 89.4 Å². The van der Waals surface area contributed by atoms with Gasteiger partial charge < -0.3 is 14.6 Å². The van der Waals surface area contributed by atoms with E-state index in [9.17, 15) is 17.6 Å². The van der Waals surface area contributed by atoms with Crippen LogP contribution in [0.25, 0.3) is 0 Å². The van der Waals surface area contributed by atoms with E-state index < -0.39 is 21.5 Å². The Morgan fingerprint density at radius 2 is 2.11 bits per heavy atom. The lowest BCUT2D eigenvalue weighted by Crippen LogP contribution is -2.46. The van der Waals surface area contributed by atoms with E-state index in [1.807, 2.05) is 6.92 Å². The first-order valence-corrected chi connectivity index (χ1v) is 10.5. The van der Waals surface area contributed by atoms with Crippen molar-refractivity contribution in [2.24, 2.45) is 0 Å². The molecular weight excluding hydrogens is 385 g/mol. The maximum Gasteiger partial charge on any atom is 0.272 e. The van der Waals surface area contributed by atoms with Gasteiger partial charge in [-0.1, -0.05) is 0 Å². The van der Waals surface area contributed by atoms with Crippen LogP contribution in [0.2, 0.25) is 0 Å². The summed E-state index contributed by atoms with van der Waals surface area (Å²) in [5, 5.41) is 2.68. The van der Waals surface area contributed by atoms with E-state index in [1.54, 1.807) is 18.4 Å². The van der Waals surface area contributed by atoms with Gasteiger partial charge in [0.05, 0.1) is 12.1 Å². The van der Waals surface area contributed by atoms with E-state index in [1.165, 1.54) is 30.5 Å². The molecule has 28 heavy (non-hydrogen) atoms. The number of ether oxygens (including phenoxy) is 1. The summed E-state index contributed by atoms with van der Waals surface area (Å²) in [6.45, 7) is 6.43. The van der Waals surface area contributed by atoms with Crippen molar-refractivity contribution in [2.75, 3.05) is 18.5 Å². The van der Waals surface area contributed by atoms with Gasteiger partial charge in [-0.2, -0.15) is 0 Å². The normalized spacial score (nSPS) is 19.7. The van der Waals surface area contributed by atoms with Gasteiger partial charge in [-0.15, -0.1) is 0 Å². The van der Waals surface area contributed by atoms with E-state index in [-0.39, 0.29) is 16.4 Å². The highest BCUT2D eigenvalue weighted by molar-refractivity contribution is 7.89. The summed E-state index contributed by atoms with van der Waals surface area (Å²) in [5.41, 5.74) is 0.382. The molecule has 1 unspecified atom stereocenters. The predicted molar refractivity (Wildman–Crippen MR) is 103 cm³/mol. The maximum atomic E-state index is 13.4. The van der Waals surface area contributed by atoms with Crippen LogP contribution in [0.5, 0.6) is 0 Å². The van der Waals surface area contributed by atoms with Crippen molar-refractivity contribution in [2.45, 2.75) is 44.2 Å². The molecular formula is C19H24FN3O4S. The smallest absolute Gasteiger partial charge is 0.272 e. The maximum absolute atomic E-state index is 13.4. The SMILES string of the molecule is CCn1cc(S(=O)(=O)NC2(C)CCOC2)cc1C(=O)Nc1ccc(F)c(C)c1. The lowest BCUT2D eigenvalue weighted by atomic mass is 10.0. The first-order chi connectivity index (χ1) is 13.1. The minimum absolute atomic E-state index is 0.0166. The van der Waals surface area contributed by atoms with E-state index in [4.69, 9.17) is 4.74 Å². The Kier molecular flexibility index (Phi) is 5.60. The number of amides is 1. The zero-order valence-electron chi connectivity index (χ0n) is 16.1. The van der Waals surface area contributed by atoms with Crippen molar-refractivity contribution >= 4 is 21.6 Å². The number of carbonyl (C=O) groups excluding carboxylic acids is 1. The van der Waals surface area contributed by atoms with E-state index in [2.05, 4.69) is 10.0 Å². The molecule has 7 nitrogen and oxygen atoms in total. The van der Waals surface area contributed by atoms with Crippen molar-refractivity contribution in [3.8, 4) is 0 Å². The Labute approximate surface area is 163 Å². The van der Waals surface area contributed by atoms with Gasteiger partial charge in [0.25, 0.3) is 5.91 Å². The molecule has 0 aliphatic carbocycles. The van der Waals surface area contributed by atoms with E-state index in [0.29, 0.717) is 37.4 Å². The van der Waals surface area contributed by atoms with Crippen LogP contribution in [-0.2, 0) is 21.3 Å². The third-order valence-corrected chi connectivity index (χ3v) is 6.38. The molecule has 3 rings (SSSR count). The Balaban J connectivity index is 1.85. The standard InChI is InChI=1S/C19H24FN3O4S/c1-4-23-11-15(28(25,26)22-19(3)7-8-27-12-19)10-17(23)18(24)21-14-5-6-16(20)13(2)9-14/h5-6,9-11,22H,4,7-8,12H2,1-3H3,(H,21,24). The molecule has 0 radical (unpaired) electrons. The second kappa shape index (κ2) is 7.65. The molecule has 0 bridgehead atoms. The molecule has 1 fully saturated rings. The van der Waals surface area contributed by atoms with Gasteiger partial charge in [0.1, 0.15) is 16.4 Å². The highest BCUT2D eigenvalue weighted by atomic mass is 32.2. The van der Waals surface area contributed by atoms with Crippen LogP contribution in [-0.4, -0.2) is 37.6 Å². The number of sulfonamides is 1. The van der Waals surface area contributed by atoms with Crippen molar-refractivity contribution in [1.82, 2.24) is 9.29 Å². The van der Waals surface area contributed by atoms with Gasteiger partial charge in [0.15, 0.2) is 0 Å². The van der Waals surface area contributed by atoms with Gasteiger partial charge in [0.2, 0.25) is 10.0 Å². The Hall–Kier alpha value is -2.23. The summed E-state index contributed by atoms with van der Waals surface area (Å²) < 4.78 is 48.5. The molecule has 2 N–H and O–H groups in total. The fraction of sp³-hybridized carbons (Fsp3) is 0.421. The zero-order valence-corrected chi connectivity index (χ0v) is 16.9. The first-order valence-electron chi connectivity index (χ1n) is 9.03. The summed E-state index contributed by atoms with van der Waals surface area (Å²) in [6.07, 6.45) is 2.02. The molecule has 0 saturated carbocycles. The Morgan fingerprint density at radius 1 is 1.36 bits per heavy atom. The van der Waals surface area contributed by atoms with E-state index >= 15 is 0 Å². The van der Waals surface area contributed by atoms with Crippen LogP contribution < -0.4 is 10.0 Å². The third-order valence-electron chi connectivity index (χ3n) is 4.77. The summed E-state index contributed by atoms with van der Waals surface area (Å²) in [7, 11) is -3.81. The number of carbonyl (C=O) groups is 1. The van der Waals surface area contributed by atoms with Crippen molar-refractivity contribution in [3.05, 3.63) is 47.5 Å². The van der Waals surface area contributed by atoms with Gasteiger partial charge in [-0.25, -0.2) is 17.5 Å². The molecule has 1 aliphatic rings. The number of hydrogen-bond donors (Lipinski definition) is 2. The van der Waals surface area contributed by atoms with Gasteiger partial charge >= 0.3 is 0 Å². The predicted octanol–water partition coefficient (Wildman–Crippen LogP) is 2.67. The number of rotatable bonds is 6. The van der Waals surface area contributed by atoms with E-state index in [0.717, 1.165) is 0 Å². The monoisotopic (exact) mass is 409 g/mol. The fourth-order valence-electron chi connectivity index (χ4n) is 3.13. The number of aryl methyl sites for hydroxylation is 2. The molecule has 2 aromatic rings. The van der Waals surface area contributed by atoms with Crippen LogP contribution in [0.3, 0.4) is 0 Å². The average Bonchev–Trinajstić information content (AvgIpc) is 3.24. The Morgan fingerprint density at radius 3 is 2.71 bits per heavy atom. The van der Waals surface area contributed by atoms with Crippen LogP contribution >= 0.6 is 0 Å². The lowest BCUT2D eigenvalue weighted by Gasteiger charge is -2.22. The molecule has 1 aromatic heterocycles. The largest absolute Gasteiger partial charge is 0.379 e. The average molecular weight is 409 g/mol. The molecule has 9 heteroatoms. The summed E-state index contributed by atoms with van der Waals surface area (Å²) in [5.74, 6) is -0.830. The van der Waals surface area contributed by atoms with Crippen LogP contribution in [0.15, 0.2) is 35.4 Å². The second-order valence-corrected chi connectivity index (χ2v) is 8.92. The number of anilines is 1. The minimum atomic E-state index is -3.81. The first kappa shape index (κ1) is 20.5. The highest BCUT2D eigenvalue weighted by Gasteiger charge is 2.35. The minimum Gasteiger partial charge on any atom is -0.379 e. The summed E-state index contributed by atoms with van der Waals surface area (Å²) in [4.78, 5) is 12.7. The van der Waals surface area contributed by atoms with Gasteiger partial charge in [-0.3, -0.25) is 4.79 Å². The van der Waals surface area contributed by atoms with Crippen molar-refractivity contribution < 1.29 is 22.3 Å². The second-order valence-electron chi connectivity index (χ2n) is 7.23. The number of benzene rings is 1. The quantitative estimate of drug-likeness (QED) is 0.768. The Bertz CT molecular complexity index is 995. The molecule has 1 atom stereocenters. The molecule has 1 aromatic carbocycles. The third kappa shape index (κ3) is 4.26.